The highest BCUT2D eigenvalue weighted by Crippen LogP contribution is 2.33. The van der Waals surface area contributed by atoms with Crippen LogP contribution in [0.3, 0.4) is 0 Å². The number of benzene rings is 2. The lowest BCUT2D eigenvalue weighted by Crippen LogP contribution is -2.31. The summed E-state index contributed by atoms with van der Waals surface area (Å²) in [6.45, 7) is 19.0. The Hall–Kier alpha value is -2.83. The average molecular weight is 541 g/mol. The lowest BCUT2D eigenvalue weighted by molar-refractivity contribution is -0.143. The number of rotatable bonds is 15. The molecule has 0 aliphatic carbocycles. The van der Waals surface area contributed by atoms with Crippen molar-refractivity contribution in [3.63, 3.8) is 0 Å². The quantitative estimate of drug-likeness (QED) is 0.196. The third-order valence-electron chi connectivity index (χ3n) is 6.92. The first-order valence-corrected chi connectivity index (χ1v) is 13.9. The van der Waals surface area contributed by atoms with Gasteiger partial charge in [0.05, 0.1) is 17.8 Å². The molecule has 0 radical (unpaired) electrons. The van der Waals surface area contributed by atoms with Crippen LogP contribution in [0.1, 0.15) is 79.9 Å². The van der Waals surface area contributed by atoms with Gasteiger partial charge in [-0.25, -0.2) is 4.79 Å². The Morgan fingerprint density at radius 3 is 1.72 bits per heavy atom. The van der Waals surface area contributed by atoms with E-state index in [0.29, 0.717) is 12.4 Å². The molecule has 39 heavy (non-hydrogen) atoms. The van der Waals surface area contributed by atoms with Gasteiger partial charge in [-0.05, 0) is 81.5 Å². The van der Waals surface area contributed by atoms with Crippen LogP contribution in [0.25, 0.3) is 0 Å². The van der Waals surface area contributed by atoms with E-state index in [0.717, 1.165) is 17.7 Å². The first-order valence-electron chi connectivity index (χ1n) is 13.9. The van der Waals surface area contributed by atoms with Crippen molar-refractivity contribution in [3.05, 3.63) is 71.8 Å². The normalized spacial score (nSPS) is 14.7. The van der Waals surface area contributed by atoms with E-state index in [1.54, 1.807) is 6.92 Å². The van der Waals surface area contributed by atoms with Crippen molar-refractivity contribution in [3.8, 4) is 11.5 Å². The molecule has 2 rings (SSSR count). The molecule has 0 heterocycles. The van der Waals surface area contributed by atoms with Crippen LogP contribution in [0.15, 0.2) is 60.7 Å². The van der Waals surface area contributed by atoms with Gasteiger partial charge in [0, 0.05) is 11.5 Å². The highest BCUT2D eigenvalue weighted by molar-refractivity contribution is 5.82. The van der Waals surface area contributed by atoms with Gasteiger partial charge in [-0.3, -0.25) is 0 Å². The second kappa shape index (κ2) is 14.5. The van der Waals surface area contributed by atoms with Crippen molar-refractivity contribution in [2.75, 3.05) is 13.2 Å². The smallest absolute Gasteiger partial charge is 0.330 e. The molecule has 216 valence electrons. The summed E-state index contributed by atoms with van der Waals surface area (Å²) in [6, 6.07) is 16.2. The van der Waals surface area contributed by atoms with E-state index in [4.69, 9.17) is 18.9 Å². The summed E-state index contributed by atoms with van der Waals surface area (Å²) >= 11 is 0. The highest BCUT2D eigenvalue weighted by Gasteiger charge is 2.24. The molecule has 0 saturated heterocycles. The van der Waals surface area contributed by atoms with Crippen LogP contribution in [0.4, 0.5) is 0 Å². The minimum Gasteiger partial charge on any atom is -0.491 e. The van der Waals surface area contributed by atoms with Crippen molar-refractivity contribution in [1.29, 1.82) is 0 Å². The van der Waals surface area contributed by atoms with Gasteiger partial charge >= 0.3 is 5.97 Å². The Morgan fingerprint density at radius 2 is 1.28 bits per heavy atom. The number of aliphatic hydroxyl groups excluding tert-OH is 1. The second-order valence-corrected chi connectivity index (χ2v) is 11.7. The van der Waals surface area contributed by atoms with Crippen LogP contribution in [-0.4, -0.2) is 48.2 Å². The van der Waals surface area contributed by atoms with Gasteiger partial charge in [-0.15, -0.1) is 0 Å². The van der Waals surface area contributed by atoms with E-state index in [-0.39, 0.29) is 29.6 Å². The molecule has 1 N–H and O–H groups in total. The lowest BCUT2D eigenvalue weighted by Gasteiger charge is -2.28. The van der Waals surface area contributed by atoms with E-state index in [9.17, 15) is 9.90 Å². The average Bonchev–Trinajstić information content (AvgIpc) is 2.89. The number of hydrogen-bond donors (Lipinski definition) is 1. The van der Waals surface area contributed by atoms with Gasteiger partial charge in [0.1, 0.15) is 30.8 Å². The Bertz CT molecular complexity index is 1040. The Balaban J connectivity index is 1.89. The summed E-state index contributed by atoms with van der Waals surface area (Å²) in [7, 11) is 0. The summed E-state index contributed by atoms with van der Waals surface area (Å²) in [6.07, 6.45) is 2.57. The first-order chi connectivity index (χ1) is 18.2. The Labute approximate surface area is 235 Å². The van der Waals surface area contributed by atoms with Crippen molar-refractivity contribution < 1.29 is 28.8 Å². The zero-order valence-corrected chi connectivity index (χ0v) is 25.2. The van der Waals surface area contributed by atoms with Crippen LogP contribution < -0.4 is 9.47 Å². The standard InChI is InChI=1S/C33H48O6/c1-10-32(6,7)39-25(5)22-37-29-17-13-27(14-18-29)33(8,9)26-11-15-28(16-12-26)36-21-24(4)38-31(35)20-19-30(34)23(2)3/h11-20,23-25,30,34H,10,21-22H2,1-9H3/b20-19+. The fourth-order valence-corrected chi connectivity index (χ4v) is 3.86. The van der Waals surface area contributed by atoms with Gasteiger partial charge in [-0.1, -0.05) is 58.9 Å². The predicted molar refractivity (Wildman–Crippen MR) is 156 cm³/mol. The topological polar surface area (TPSA) is 74.2 Å². The monoisotopic (exact) mass is 540 g/mol. The summed E-state index contributed by atoms with van der Waals surface area (Å²) in [5.74, 6) is 1.07. The van der Waals surface area contributed by atoms with Crippen LogP contribution in [0.2, 0.25) is 0 Å². The van der Waals surface area contributed by atoms with E-state index in [2.05, 4.69) is 58.9 Å². The lowest BCUT2D eigenvalue weighted by atomic mass is 9.78. The number of carbonyl (C=O) groups excluding carboxylic acids is 1. The summed E-state index contributed by atoms with van der Waals surface area (Å²) in [4.78, 5) is 11.9. The predicted octanol–water partition coefficient (Wildman–Crippen LogP) is 6.87. The van der Waals surface area contributed by atoms with E-state index in [1.807, 2.05) is 45.0 Å². The summed E-state index contributed by atoms with van der Waals surface area (Å²) in [5, 5.41) is 9.77. The minimum atomic E-state index is -0.676. The highest BCUT2D eigenvalue weighted by atomic mass is 16.6. The molecule has 0 saturated carbocycles. The molecular weight excluding hydrogens is 492 g/mol. The molecule has 0 fully saturated rings. The zero-order chi connectivity index (χ0) is 29.2. The van der Waals surface area contributed by atoms with Crippen molar-refractivity contribution in [2.24, 2.45) is 5.92 Å². The van der Waals surface area contributed by atoms with E-state index >= 15 is 0 Å². The minimum absolute atomic E-state index is 0.00686. The third-order valence-corrected chi connectivity index (χ3v) is 6.92. The molecule has 0 aliphatic rings. The first kappa shape index (κ1) is 32.4. The fourth-order valence-electron chi connectivity index (χ4n) is 3.86. The van der Waals surface area contributed by atoms with Crippen LogP contribution >= 0.6 is 0 Å². The van der Waals surface area contributed by atoms with Gasteiger partial charge < -0.3 is 24.1 Å². The Kier molecular flexibility index (Phi) is 12.1. The summed E-state index contributed by atoms with van der Waals surface area (Å²) < 4.78 is 23.2. The molecule has 3 atom stereocenters. The van der Waals surface area contributed by atoms with Crippen LogP contribution in [0, 0.1) is 5.92 Å². The molecule has 2 aromatic carbocycles. The SMILES string of the molecule is CCC(C)(C)OC(C)COc1ccc(C(C)(C)c2ccc(OCC(C)OC(=O)/C=C/C(O)C(C)C)cc2)cc1. The fraction of sp³-hybridized carbons (Fsp3) is 0.545. The van der Waals surface area contributed by atoms with Crippen molar-refractivity contribution in [2.45, 2.75) is 98.1 Å². The molecule has 6 nitrogen and oxygen atoms in total. The molecule has 3 unspecified atom stereocenters. The number of carbonyl (C=O) groups is 1. The molecule has 0 spiro atoms. The molecule has 2 aromatic rings. The van der Waals surface area contributed by atoms with Gasteiger partial charge in [0.2, 0.25) is 0 Å². The zero-order valence-electron chi connectivity index (χ0n) is 25.2. The Morgan fingerprint density at radius 1 is 0.821 bits per heavy atom. The number of hydrogen-bond acceptors (Lipinski definition) is 6. The van der Waals surface area contributed by atoms with E-state index < -0.39 is 18.2 Å². The number of esters is 1. The second-order valence-electron chi connectivity index (χ2n) is 11.7. The molecule has 6 heteroatoms. The van der Waals surface area contributed by atoms with Crippen LogP contribution in [-0.2, 0) is 19.7 Å². The molecule has 0 amide bonds. The van der Waals surface area contributed by atoms with Gasteiger partial charge in [0.25, 0.3) is 0 Å². The largest absolute Gasteiger partial charge is 0.491 e. The van der Waals surface area contributed by atoms with E-state index in [1.165, 1.54) is 17.7 Å². The van der Waals surface area contributed by atoms with Gasteiger partial charge in [-0.2, -0.15) is 0 Å². The maximum atomic E-state index is 11.9. The van der Waals surface area contributed by atoms with Crippen LogP contribution in [0.5, 0.6) is 11.5 Å². The number of aliphatic hydroxyl groups is 1. The molecule has 0 aromatic heterocycles. The van der Waals surface area contributed by atoms with Crippen molar-refractivity contribution >= 4 is 5.97 Å². The summed E-state index contributed by atoms with van der Waals surface area (Å²) in [5.41, 5.74) is 1.96. The van der Waals surface area contributed by atoms with Crippen molar-refractivity contribution in [1.82, 2.24) is 0 Å². The molecule has 0 bridgehead atoms. The third kappa shape index (κ3) is 10.7. The molecular formula is C33H48O6. The number of ether oxygens (including phenoxy) is 4. The maximum Gasteiger partial charge on any atom is 0.330 e. The molecule has 0 aliphatic heterocycles. The maximum absolute atomic E-state index is 11.9. The van der Waals surface area contributed by atoms with Gasteiger partial charge in [0.15, 0.2) is 0 Å².